The fraction of sp³-hybridized carbons (Fsp3) is 0.600. The van der Waals surface area contributed by atoms with Crippen molar-refractivity contribution in [2.24, 2.45) is 5.92 Å². The molecular formula is C15H20F2O. The van der Waals surface area contributed by atoms with Crippen LogP contribution in [0.2, 0.25) is 0 Å². The zero-order chi connectivity index (χ0) is 13.0. The van der Waals surface area contributed by atoms with Gasteiger partial charge in [0.05, 0.1) is 0 Å². The lowest BCUT2D eigenvalue weighted by Crippen LogP contribution is -2.15. The first-order chi connectivity index (χ1) is 8.72. The van der Waals surface area contributed by atoms with Crippen molar-refractivity contribution < 1.29 is 13.9 Å². The van der Waals surface area contributed by atoms with Crippen molar-refractivity contribution in [3.05, 3.63) is 35.4 Å². The maximum atomic E-state index is 13.7. The highest BCUT2D eigenvalue weighted by Crippen LogP contribution is 2.38. The molecular weight excluding hydrogens is 234 g/mol. The third-order valence-corrected chi connectivity index (χ3v) is 4.04. The average Bonchev–Trinajstić information content (AvgIpc) is 2.40. The molecule has 1 N–H and O–H groups in total. The molecule has 3 heteroatoms. The zero-order valence-electron chi connectivity index (χ0n) is 10.5. The molecule has 1 aliphatic rings. The van der Waals surface area contributed by atoms with Crippen LogP contribution in [0.25, 0.3) is 0 Å². The number of halogens is 2. The highest BCUT2D eigenvalue weighted by atomic mass is 19.2. The van der Waals surface area contributed by atoms with Crippen LogP contribution in [0, 0.1) is 17.6 Å². The summed E-state index contributed by atoms with van der Waals surface area (Å²) in [4.78, 5) is 0. The van der Waals surface area contributed by atoms with Gasteiger partial charge in [-0.2, -0.15) is 0 Å². The Balaban J connectivity index is 1.95. The zero-order valence-corrected chi connectivity index (χ0v) is 10.5. The lowest BCUT2D eigenvalue weighted by Gasteiger charge is -2.29. The van der Waals surface area contributed by atoms with Gasteiger partial charge in [-0.05, 0) is 62.0 Å². The van der Waals surface area contributed by atoms with E-state index in [1.807, 2.05) is 0 Å². The topological polar surface area (TPSA) is 20.2 Å². The van der Waals surface area contributed by atoms with Crippen LogP contribution in [0.5, 0.6) is 0 Å². The van der Waals surface area contributed by atoms with Gasteiger partial charge >= 0.3 is 0 Å². The Labute approximate surface area is 107 Å². The SMILES string of the molecule is OCCCC1CCC(c2cccc(F)c2F)CC1. The van der Waals surface area contributed by atoms with E-state index in [0.29, 0.717) is 11.5 Å². The van der Waals surface area contributed by atoms with Crippen molar-refractivity contribution in [1.29, 1.82) is 0 Å². The third-order valence-electron chi connectivity index (χ3n) is 4.04. The number of hydrogen-bond donors (Lipinski definition) is 1. The van der Waals surface area contributed by atoms with Crippen molar-refractivity contribution in [2.75, 3.05) is 6.61 Å². The molecule has 0 spiro atoms. The van der Waals surface area contributed by atoms with Crippen LogP contribution in [-0.2, 0) is 0 Å². The van der Waals surface area contributed by atoms with E-state index in [1.54, 1.807) is 12.1 Å². The van der Waals surface area contributed by atoms with Crippen LogP contribution < -0.4 is 0 Å². The molecule has 1 saturated carbocycles. The Morgan fingerprint density at radius 2 is 1.83 bits per heavy atom. The predicted molar refractivity (Wildman–Crippen MR) is 67.4 cm³/mol. The normalized spacial score (nSPS) is 24.2. The molecule has 1 nitrogen and oxygen atoms in total. The van der Waals surface area contributed by atoms with E-state index in [-0.39, 0.29) is 12.5 Å². The van der Waals surface area contributed by atoms with E-state index < -0.39 is 11.6 Å². The summed E-state index contributed by atoms with van der Waals surface area (Å²) in [6.07, 6.45) is 5.87. The summed E-state index contributed by atoms with van der Waals surface area (Å²) in [5.41, 5.74) is 0.538. The number of aliphatic hydroxyl groups is 1. The van der Waals surface area contributed by atoms with Gasteiger partial charge in [0.2, 0.25) is 0 Å². The summed E-state index contributed by atoms with van der Waals surface area (Å²) in [5, 5.41) is 8.80. The molecule has 1 fully saturated rings. The molecule has 0 radical (unpaired) electrons. The lowest BCUT2D eigenvalue weighted by atomic mass is 9.77. The first-order valence-electron chi connectivity index (χ1n) is 6.77. The van der Waals surface area contributed by atoms with E-state index in [0.717, 1.165) is 38.5 Å². The van der Waals surface area contributed by atoms with Crippen LogP contribution in [0.4, 0.5) is 8.78 Å². The van der Waals surface area contributed by atoms with Crippen molar-refractivity contribution in [3.8, 4) is 0 Å². The van der Waals surface area contributed by atoms with Crippen molar-refractivity contribution in [3.63, 3.8) is 0 Å². The summed E-state index contributed by atoms with van der Waals surface area (Å²) < 4.78 is 26.9. The fourth-order valence-electron chi connectivity index (χ4n) is 2.98. The first-order valence-corrected chi connectivity index (χ1v) is 6.77. The molecule has 1 aliphatic carbocycles. The second kappa shape index (κ2) is 6.28. The molecule has 2 rings (SSSR count). The Kier molecular flexibility index (Phi) is 4.70. The van der Waals surface area contributed by atoms with Gasteiger partial charge < -0.3 is 5.11 Å². The number of rotatable bonds is 4. The standard InChI is InChI=1S/C15H20F2O/c16-14-5-1-4-13(15(14)17)12-8-6-11(7-9-12)3-2-10-18/h1,4-5,11-12,18H,2-3,6-10H2. The van der Waals surface area contributed by atoms with Crippen molar-refractivity contribution in [1.82, 2.24) is 0 Å². The third kappa shape index (κ3) is 3.08. The summed E-state index contributed by atoms with van der Waals surface area (Å²) >= 11 is 0. The van der Waals surface area contributed by atoms with E-state index in [4.69, 9.17) is 5.11 Å². The van der Waals surface area contributed by atoms with Crippen molar-refractivity contribution >= 4 is 0 Å². The maximum Gasteiger partial charge on any atom is 0.162 e. The smallest absolute Gasteiger partial charge is 0.162 e. The fourth-order valence-corrected chi connectivity index (χ4v) is 2.98. The molecule has 1 aromatic rings. The highest BCUT2D eigenvalue weighted by Gasteiger charge is 2.24. The van der Waals surface area contributed by atoms with Gasteiger partial charge in [-0.1, -0.05) is 12.1 Å². The Morgan fingerprint density at radius 1 is 1.11 bits per heavy atom. The Morgan fingerprint density at radius 3 is 2.50 bits per heavy atom. The Hall–Kier alpha value is -0.960. The monoisotopic (exact) mass is 254 g/mol. The molecule has 0 saturated heterocycles. The van der Waals surface area contributed by atoms with Crippen LogP contribution in [0.15, 0.2) is 18.2 Å². The summed E-state index contributed by atoms with van der Waals surface area (Å²) in [6.45, 7) is 0.248. The summed E-state index contributed by atoms with van der Waals surface area (Å²) in [6, 6.07) is 4.47. The predicted octanol–water partition coefficient (Wildman–Crippen LogP) is 4.01. The summed E-state index contributed by atoms with van der Waals surface area (Å²) in [5.74, 6) is -0.609. The molecule has 0 atom stereocenters. The van der Waals surface area contributed by atoms with Crippen molar-refractivity contribution in [2.45, 2.75) is 44.4 Å². The molecule has 1 aromatic carbocycles. The van der Waals surface area contributed by atoms with Crippen LogP contribution in [0.3, 0.4) is 0 Å². The van der Waals surface area contributed by atoms with Gasteiger partial charge in [0.25, 0.3) is 0 Å². The van der Waals surface area contributed by atoms with Gasteiger partial charge in [-0.25, -0.2) is 8.78 Å². The number of hydrogen-bond acceptors (Lipinski definition) is 1. The molecule has 0 amide bonds. The largest absolute Gasteiger partial charge is 0.396 e. The number of benzene rings is 1. The average molecular weight is 254 g/mol. The second-order valence-corrected chi connectivity index (χ2v) is 5.23. The molecule has 18 heavy (non-hydrogen) atoms. The van der Waals surface area contributed by atoms with Crippen LogP contribution >= 0.6 is 0 Å². The van der Waals surface area contributed by atoms with E-state index in [2.05, 4.69) is 0 Å². The number of aliphatic hydroxyl groups excluding tert-OH is 1. The van der Waals surface area contributed by atoms with E-state index >= 15 is 0 Å². The minimum Gasteiger partial charge on any atom is -0.396 e. The van der Waals surface area contributed by atoms with Gasteiger partial charge in [-0.3, -0.25) is 0 Å². The molecule has 0 unspecified atom stereocenters. The van der Waals surface area contributed by atoms with Gasteiger partial charge in [-0.15, -0.1) is 0 Å². The van der Waals surface area contributed by atoms with Gasteiger partial charge in [0, 0.05) is 6.61 Å². The lowest BCUT2D eigenvalue weighted by molar-refractivity contribution is 0.245. The van der Waals surface area contributed by atoms with Crippen LogP contribution in [-0.4, -0.2) is 11.7 Å². The minimum absolute atomic E-state index is 0.158. The van der Waals surface area contributed by atoms with Crippen LogP contribution in [0.1, 0.15) is 50.0 Å². The first kappa shape index (κ1) is 13.5. The Bertz CT molecular complexity index is 384. The van der Waals surface area contributed by atoms with Gasteiger partial charge in [0.1, 0.15) is 0 Å². The quantitative estimate of drug-likeness (QED) is 0.860. The molecule has 100 valence electrons. The maximum absolute atomic E-state index is 13.7. The molecule has 0 heterocycles. The molecule has 0 aromatic heterocycles. The van der Waals surface area contributed by atoms with Gasteiger partial charge in [0.15, 0.2) is 11.6 Å². The molecule has 0 aliphatic heterocycles. The highest BCUT2D eigenvalue weighted by molar-refractivity contribution is 5.23. The van der Waals surface area contributed by atoms with E-state index in [9.17, 15) is 8.78 Å². The summed E-state index contributed by atoms with van der Waals surface area (Å²) in [7, 11) is 0. The molecule has 0 bridgehead atoms. The minimum atomic E-state index is -0.741. The second-order valence-electron chi connectivity index (χ2n) is 5.23. The van der Waals surface area contributed by atoms with E-state index in [1.165, 1.54) is 6.07 Å².